The molecule has 2 rings (SSSR count). The SMILES string of the molecule is CC1CCn2c(nnc2C(O)CCN)C1. The first-order chi connectivity index (χ1) is 7.22. The first kappa shape index (κ1) is 10.6. The van der Waals surface area contributed by atoms with Crippen molar-refractivity contribution in [1.82, 2.24) is 14.8 Å². The van der Waals surface area contributed by atoms with Crippen LogP contribution in [0.3, 0.4) is 0 Å². The Morgan fingerprint density at radius 3 is 3.13 bits per heavy atom. The van der Waals surface area contributed by atoms with Crippen LogP contribution in [0.5, 0.6) is 0 Å². The molecule has 0 saturated carbocycles. The molecule has 1 aliphatic rings. The second-order valence-electron chi connectivity index (χ2n) is 4.32. The molecule has 1 aromatic heterocycles. The van der Waals surface area contributed by atoms with Gasteiger partial charge in [0.2, 0.25) is 0 Å². The van der Waals surface area contributed by atoms with Crippen molar-refractivity contribution in [2.45, 2.75) is 38.8 Å². The average Bonchev–Trinajstić information content (AvgIpc) is 2.60. The Bertz CT molecular complexity index is 336. The molecule has 1 aromatic rings. The summed E-state index contributed by atoms with van der Waals surface area (Å²) in [6.07, 6.45) is 2.08. The second-order valence-corrected chi connectivity index (χ2v) is 4.32. The van der Waals surface area contributed by atoms with E-state index in [1.807, 2.05) is 4.57 Å². The summed E-state index contributed by atoms with van der Waals surface area (Å²) >= 11 is 0. The van der Waals surface area contributed by atoms with Crippen LogP contribution in [0, 0.1) is 5.92 Å². The molecular weight excluding hydrogens is 192 g/mol. The number of rotatable bonds is 3. The van der Waals surface area contributed by atoms with Crippen molar-refractivity contribution in [2.24, 2.45) is 11.7 Å². The molecule has 5 nitrogen and oxygen atoms in total. The summed E-state index contributed by atoms with van der Waals surface area (Å²) in [5, 5.41) is 18.0. The van der Waals surface area contributed by atoms with Crippen molar-refractivity contribution >= 4 is 0 Å². The molecule has 0 saturated heterocycles. The number of aromatic nitrogens is 3. The highest BCUT2D eigenvalue weighted by Crippen LogP contribution is 2.23. The van der Waals surface area contributed by atoms with Gasteiger partial charge < -0.3 is 15.4 Å². The number of nitrogens with zero attached hydrogens (tertiary/aromatic N) is 3. The van der Waals surface area contributed by atoms with E-state index in [2.05, 4.69) is 17.1 Å². The quantitative estimate of drug-likeness (QED) is 0.749. The van der Waals surface area contributed by atoms with E-state index in [1.165, 1.54) is 0 Å². The molecule has 0 amide bonds. The fourth-order valence-electron chi connectivity index (χ4n) is 2.04. The van der Waals surface area contributed by atoms with Gasteiger partial charge in [-0.1, -0.05) is 6.92 Å². The van der Waals surface area contributed by atoms with Crippen molar-refractivity contribution in [3.8, 4) is 0 Å². The van der Waals surface area contributed by atoms with Gasteiger partial charge in [0.05, 0.1) is 0 Å². The molecule has 0 aliphatic carbocycles. The maximum Gasteiger partial charge on any atom is 0.162 e. The Morgan fingerprint density at radius 1 is 1.60 bits per heavy atom. The van der Waals surface area contributed by atoms with Gasteiger partial charge in [0.1, 0.15) is 11.9 Å². The third kappa shape index (κ3) is 2.03. The zero-order valence-electron chi connectivity index (χ0n) is 9.06. The maximum absolute atomic E-state index is 9.83. The molecule has 0 radical (unpaired) electrons. The van der Waals surface area contributed by atoms with Crippen LogP contribution in [0.2, 0.25) is 0 Å². The lowest BCUT2D eigenvalue weighted by Crippen LogP contribution is -2.21. The van der Waals surface area contributed by atoms with Crippen LogP contribution in [0.15, 0.2) is 0 Å². The predicted molar refractivity (Wildman–Crippen MR) is 56.1 cm³/mol. The Balaban J connectivity index is 2.20. The summed E-state index contributed by atoms with van der Waals surface area (Å²) in [5.41, 5.74) is 5.42. The summed E-state index contributed by atoms with van der Waals surface area (Å²) in [6, 6.07) is 0. The number of nitrogens with two attached hydrogens (primary N) is 1. The minimum atomic E-state index is -0.565. The van der Waals surface area contributed by atoms with E-state index in [0.29, 0.717) is 24.7 Å². The number of fused-ring (bicyclic) bond motifs is 1. The molecule has 0 spiro atoms. The monoisotopic (exact) mass is 210 g/mol. The third-order valence-corrected chi connectivity index (χ3v) is 2.97. The summed E-state index contributed by atoms with van der Waals surface area (Å²) < 4.78 is 2.04. The molecule has 0 bridgehead atoms. The van der Waals surface area contributed by atoms with Crippen molar-refractivity contribution < 1.29 is 5.11 Å². The Labute approximate surface area is 89.3 Å². The molecule has 2 atom stereocenters. The summed E-state index contributed by atoms with van der Waals surface area (Å²) in [5.74, 6) is 2.35. The Morgan fingerprint density at radius 2 is 2.40 bits per heavy atom. The van der Waals surface area contributed by atoms with Gasteiger partial charge in [-0.2, -0.15) is 0 Å². The van der Waals surface area contributed by atoms with Gasteiger partial charge in [0.25, 0.3) is 0 Å². The van der Waals surface area contributed by atoms with Gasteiger partial charge >= 0.3 is 0 Å². The van der Waals surface area contributed by atoms with Crippen molar-refractivity contribution in [3.05, 3.63) is 11.6 Å². The number of hydrogen-bond donors (Lipinski definition) is 2. The first-order valence-corrected chi connectivity index (χ1v) is 5.52. The Hall–Kier alpha value is -0.940. The lowest BCUT2D eigenvalue weighted by Gasteiger charge is -2.21. The summed E-state index contributed by atoms with van der Waals surface area (Å²) in [4.78, 5) is 0. The molecule has 1 aliphatic heterocycles. The lowest BCUT2D eigenvalue weighted by molar-refractivity contribution is 0.153. The third-order valence-electron chi connectivity index (χ3n) is 2.97. The highest BCUT2D eigenvalue weighted by molar-refractivity contribution is 5.02. The molecule has 0 aromatic carbocycles. The highest BCUT2D eigenvalue weighted by Gasteiger charge is 2.23. The van der Waals surface area contributed by atoms with E-state index < -0.39 is 6.10 Å². The fraction of sp³-hybridized carbons (Fsp3) is 0.800. The minimum absolute atomic E-state index is 0.472. The summed E-state index contributed by atoms with van der Waals surface area (Å²) in [6.45, 7) is 3.61. The van der Waals surface area contributed by atoms with Crippen LogP contribution in [0.4, 0.5) is 0 Å². The fourth-order valence-corrected chi connectivity index (χ4v) is 2.04. The first-order valence-electron chi connectivity index (χ1n) is 5.52. The molecule has 2 unspecified atom stereocenters. The molecular formula is C10H18N4O. The van der Waals surface area contributed by atoms with E-state index in [0.717, 1.165) is 25.2 Å². The number of aliphatic hydroxyl groups excluding tert-OH is 1. The van der Waals surface area contributed by atoms with E-state index >= 15 is 0 Å². The van der Waals surface area contributed by atoms with Gasteiger partial charge in [0, 0.05) is 13.0 Å². The van der Waals surface area contributed by atoms with Crippen LogP contribution in [0.25, 0.3) is 0 Å². The van der Waals surface area contributed by atoms with Crippen LogP contribution >= 0.6 is 0 Å². The van der Waals surface area contributed by atoms with Crippen LogP contribution in [-0.4, -0.2) is 26.4 Å². The van der Waals surface area contributed by atoms with E-state index in [4.69, 9.17) is 5.73 Å². The van der Waals surface area contributed by atoms with Gasteiger partial charge in [-0.05, 0) is 25.3 Å². The lowest BCUT2D eigenvalue weighted by atomic mass is 10.00. The largest absolute Gasteiger partial charge is 0.385 e. The van der Waals surface area contributed by atoms with Crippen molar-refractivity contribution in [2.75, 3.05) is 6.54 Å². The van der Waals surface area contributed by atoms with E-state index in [-0.39, 0.29) is 0 Å². The standard InChI is InChI=1S/C10H18N4O/c1-7-3-5-14-9(6-7)12-13-10(14)8(15)2-4-11/h7-8,15H,2-6,11H2,1H3. The smallest absolute Gasteiger partial charge is 0.162 e. The Kier molecular flexibility index (Phi) is 3.02. The van der Waals surface area contributed by atoms with Crippen LogP contribution in [0.1, 0.15) is 37.5 Å². The minimum Gasteiger partial charge on any atom is -0.385 e. The van der Waals surface area contributed by atoms with Crippen LogP contribution < -0.4 is 5.73 Å². The second kappa shape index (κ2) is 4.28. The van der Waals surface area contributed by atoms with Crippen molar-refractivity contribution in [3.63, 3.8) is 0 Å². The van der Waals surface area contributed by atoms with Gasteiger partial charge in [-0.3, -0.25) is 0 Å². The highest BCUT2D eigenvalue weighted by atomic mass is 16.3. The molecule has 0 fully saturated rings. The zero-order valence-corrected chi connectivity index (χ0v) is 9.06. The summed E-state index contributed by atoms with van der Waals surface area (Å²) in [7, 11) is 0. The zero-order chi connectivity index (χ0) is 10.8. The van der Waals surface area contributed by atoms with Crippen molar-refractivity contribution in [1.29, 1.82) is 0 Å². The van der Waals surface area contributed by atoms with Gasteiger partial charge in [-0.15, -0.1) is 10.2 Å². The molecule has 3 N–H and O–H groups in total. The van der Waals surface area contributed by atoms with E-state index in [1.54, 1.807) is 0 Å². The normalized spacial score (nSPS) is 22.5. The predicted octanol–water partition coefficient (Wildman–Crippen LogP) is 0.243. The topological polar surface area (TPSA) is 77.0 Å². The number of hydrogen-bond acceptors (Lipinski definition) is 4. The van der Waals surface area contributed by atoms with Crippen LogP contribution in [-0.2, 0) is 13.0 Å². The molecule has 84 valence electrons. The average molecular weight is 210 g/mol. The van der Waals surface area contributed by atoms with Gasteiger partial charge in [-0.25, -0.2) is 0 Å². The molecule has 15 heavy (non-hydrogen) atoms. The molecule has 2 heterocycles. The maximum atomic E-state index is 9.83. The number of aliphatic hydroxyl groups is 1. The molecule has 5 heteroatoms. The van der Waals surface area contributed by atoms with E-state index in [9.17, 15) is 5.11 Å². The van der Waals surface area contributed by atoms with Gasteiger partial charge in [0.15, 0.2) is 5.82 Å².